The maximum absolute atomic E-state index is 12.8. The smallest absolute Gasteiger partial charge is 0.243 e. The molecule has 5 heteroatoms. The van der Waals surface area contributed by atoms with Crippen molar-refractivity contribution in [3.05, 3.63) is 23.8 Å². The van der Waals surface area contributed by atoms with E-state index in [1.807, 2.05) is 12.1 Å². The van der Waals surface area contributed by atoms with Crippen molar-refractivity contribution in [3.63, 3.8) is 0 Å². The SMILES string of the molecule is CC(C)(C)C1CCN(S(=O)(=O)c2ccc3c(c2)CCN3)C1. The van der Waals surface area contributed by atoms with Gasteiger partial charge in [0.15, 0.2) is 0 Å². The van der Waals surface area contributed by atoms with Gasteiger partial charge in [0.05, 0.1) is 4.90 Å². The molecule has 1 unspecified atom stereocenters. The first-order valence-electron chi connectivity index (χ1n) is 7.65. The minimum atomic E-state index is -3.35. The Morgan fingerprint density at radius 1 is 1.29 bits per heavy atom. The van der Waals surface area contributed by atoms with E-state index >= 15 is 0 Å². The number of anilines is 1. The quantitative estimate of drug-likeness (QED) is 0.914. The van der Waals surface area contributed by atoms with E-state index in [0.717, 1.165) is 30.6 Å². The highest BCUT2D eigenvalue weighted by Gasteiger charge is 2.37. The highest BCUT2D eigenvalue weighted by molar-refractivity contribution is 7.89. The van der Waals surface area contributed by atoms with Crippen molar-refractivity contribution in [2.45, 2.75) is 38.5 Å². The Morgan fingerprint density at radius 3 is 2.71 bits per heavy atom. The van der Waals surface area contributed by atoms with Crippen LogP contribution < -0.4 is 5.32 Å². The van der Waals surface area contributed by atoms with E-state index in [1.54, 1.807) is 10.4 Å². The average Bonchev–Trinajstić information content (AvgIpc) is 3.06. The van der Waals surface area contributed by atoms with Gasteiger partial charge in [0.2, 0.25) is 10.0 Å². The van der Waals surface area contributed by atoms with E-state index in [0.29, 0.717) is 23.9 Å². The third-order valence-corrected chi connectivity index (χ3v) is 6.66. The Labute approximate surface area is 127 Å². The lowest BCUT2D eigenvalue weighted by Crippen LogP contribution is -2.31. The Bertz CT molecular complexity index is 647. The Kier molecular flexibility index (Phi) is 3.53. The van der Waals surface area contributed by atoms with Gasteiger partial charge in [-0.15, -0.1) is 0 Å². The summed E-state index contributed by atoms with van der Waals surface area (Å²) in [7, 11) is -3.35. The predicted molar refractivity (Wildman–Crippen MR) is 85.0 cm³/mol. The van der Waals surface area contributed by atoms with Gasteiger partial charge in [-0.1, -0.05) is 20.8 Å². The van der Waals surface area contributed by atoms with Gasteiger partial charge in [0, 0.05) is 25.3 Å². The van der Waals surface area contributed by atoms with E-state index in [1.165, 1.54) is 0 Å². The largest absolute Gasteiger partial charge is 0.384 e. The maximum atomic E-state index is 12.8. The van der Waals surface area contributed by atoms with Gasteiger partial charge in [-0.05, 0) is 47.9 Å². The van der Waals surface area contributed by atoms with Crippen molar-refractivity contribution < 1.29 is 8.42 Å². The van der Waals surface area contributed by atoms with Crippen molar-refractivity contribution >= 4 is 15.7 Å². The summed E-state index contributed by atoms with van der Waals surface area (Å²) in [5, 5.41) is 3.27. The molecule has 0 aromatic heterocycles. The molecule has 1 aromatic carbocycles. The molecular weight excluding hydrogens is 284 g/mol. The van der Waals surface area contributed by atoms with Gasteiger partial charge < -0.3 is 5.32 Å². The van der Waals surface area contributed by atoms with E-state index < -0.39 is 10.0 Å². The molecule has 0 bridgehead atoms. The van der Waals surface area contributed by atoms with Crippen molar-refractivity contribution in [2.24, 2.45) is 11.3 Å². The van der Waals surface area contributed by atoms with Crippen molar-refractivity contribution in [3.8, 4) is 0 Å². The number of benzene rings is 1. The molecule has 0 aliphatic carbocycles. The predicted octanol–water partition coefficient (Wildman–Crippen LogP) is 2.71. The minimum absolute atomic E-state index is 0.159. The zero-order valence-corrected chi connectivity index (χ0v) is 13.8. The minimum Gasteiger partial charge on any atom is -0.384 e. The molecule has 0 amide bonds. The number of rotatable bonds is 2. The van der Waals surface area contributed by atoms with Crippen molar-refractivity contribution in [1.82, 2.24) is 4.31 Å². The van der Waals surface area contributed by atoms with Crippen LogP contribution in [0.3, 0.4) is 0 Å². The van der Waals surface area contributed by atoms with Gasteiger partial charge >= 0.3 is 0 Å². The lowest BCUT2D eigenvalue weighted by atomic mass is 9.80. The topological polar surface area (TPSA) is 49.4 Å². The number of hydrogen-bond acceptors (Lipinski definition) is 3. The number of nitrogens with one attached hydrogen (secondary N) is 1. The van der Waals surface area contributed by atoms with Crippen LogP contribution in [0.5, 0.6) is 0 Å². The van der Waals surface area contributed by atoms with Crippen LogP contribution in [-0.4, -0.2) is 32.4 Å². The molecule has 21 heavy (non-hydrogen) atoms. The van der Waals surface area contributed by atoms with Gasteiger partial charge in [0.1, 0.15) is 0 Å². The molecule has 1 fully saturated rings. The fraction of sp³-hybridized carbons (Fsp3) is 0.625. The molecule has 4 nitrogen and oxygen atoms in total. The number of nitrogens with zero attached hydrogens (tertiary/aromatic N) is 1. The van der Waals surface area contributed by atoms with Crippen molar-refractivity contribution in [1.29, 1.82) is 0 Å². The normalized spacial score (nSPS) is 23.1. The first kappa shape index (κ1) is 14.9. The molecule has 0 spiro atoms. The Hall–Kier alpha value is -1.07. The molecule has 0 saturated carbocycles. The monoisotopic (exact) mass is 308 g/mol. The number of fused-ring (bicyclic) bond motifs is 1. The summed E-state index contributed by atoms with van der Waals surface area (Å²) in [5.41, 5.74) is 2.34. The van der Waals surface area contributed by atoms with Crippen LogP contribution in [0, 0.1) is 11.3 Å². The zero-order chi connectivity index (χ0) is 15.3. The van der Waals surface area contributed by atoms with E-state index in [2.05, 4.69) is 26.1 Å². The Morgan fingerprint density at radius 2 is 2.05 bits per heavy atom. The lowest BCUT2D eigenvalue weighted by molar-refractivity contribution is 0.252. The highest BCUT2D eigenvalue weighted by Crippen LogP contribution is 2.36. The summed E-state index contributed by atoms with van der Waals surface area (Å²) in [6.45, 7) is 8.74. The van der Waals surface area contributed by atoms with E-state index in [4.69, 9.17) is 0 Å². The molecular formula is C16H24N2O2S. The summed E-state index contributed by atoms with van der Waals surface area (Å²) in [6.07, 6.45) is 1.86. The molecule has 3 rings (SSSR count). The maximum Gasteiger partial charge on any atom is 0.243 e. The third-order valence-electron chi connectivity index (χ3n) is 4.80. The van der Waals surface area contributed by atoms with Crippen LogP contribution in [0.2, 0.25) is 0 Å². The van der Waals surface area contributed by atoms with Gasteiger partial charge in [-0.3, -0.25) is 0 Å². The fourth-order valence-corrected chi connectivity index (χ4v) is 4.80. The second-order valence-corrected chi connectivity index (χ2v) is 9.15. The Balaban J connectivity index is 1.85. The lowest BCUT2D eigenvalue weighted by Gasteiger charge is -2.26. The first-order valence-corrected chi connectivity index (χ1v) is 9.09. The summed E-state index contributed by atoms with van der Waals surface area (Å²) < 4.78 is 27.3. The number of sulfonamides is 1. The van der Waals surface area contributed by atoms with Crippen LogP contribution in [0.15, 0.2) is 23.1 Å². The molecule has 2 heterocycles. The standard InChI is InChI=1S/C16H24N2O2S/c1-16(2,3)13-7-9-18(11-13)21(19,20)14-4-5-15-12(10-14)6-8-17-15/h4-5,10,13,17H,6-9,11H2,1-3H3. The van der Waals surface area contributed by atoms with Gasteiger partial charge in [-0.25, -0.2) is 8.42 Å². The second-order valence-electron chi connectivity index (χ2n) is 7.21. The molecule has 1 atom stereocenters. The van der Waals surface area contributed by atoms with E-state index in [9.17, 15) is 8.42 Å². The number of hydrogen-bond donors (Lipinski definition) is 1. The van der Waals surface area contributed by atoms with Crippen LogP contribution >= 0.6 is 0 Å². The molecule has 2 aliphatic rings. The van der Waals surface area contributed by atoms with Crippen LogP contribution in [0.1, 0.15) is 32.8 Å². The second kappa shape index (κ2) is 4.99. The van der Waals surface area contributed by atoms with Crippen LogP contribution in [-0.2, 0) is 16.4 Å². The first-order chi connectivity index (χ1) is 9.78. The van der Waals surface area contributed by atoms with Gasteiger partial charge in [0.25, 0.3) is 0 Å². The van der Waals surface area contributed by atoms with Crippen LogP contribution in [0.4, 0.5) is 5.69 Å². The molecule has 1 aromatic rings. The fourth-order valence-electron chi connectivity index (χ4n) is 3.24. The summed E-state index contributed by atoms with van der Waals surface area (Å²) in [4.78, 5) is 0.444. The summed E-state index contributed by atoms with van der Waals surface area (Å²) >= 11 is 0. The van der Waals surface area contributed by atoms with Gasteiger partial charge in [-0.2, -0.15) is 4.31 Å². The summed E-state index contributed by atoms with van der Waals surface area (Å²) in [5.74, 6) is 0.434. The highest BCUT2D eigenvalue weighted by atomic mass is 32.2. The zero-order valence-electron chi connectivity index (χ0n) is 13.0. The molecule has 0 radical (unpaired) electrons. The van der Waals surface area contributed by atoms with Crippen LogP contribution in [0.25, 0.3) is 0 Å². The molecule has 1 saturated heterocycles. The third kappa shape index (κ3) is 2.69. The molecule has 116 valence electrons. The average molecular weight is 308 g/mol. The van der Waals surface area contributed by atoms with E-state index in [-0.39, 0.29) is 5.41 Å². The van der Waals surface area contributed by atoms with Crippen molar-refractivity contribution in [2.75, 3.05) is 25.0 Å². The summed E-state index contributed by atoms with van der Waals surface area (Å²) in [6, 6.07) is 5.47. The molecule has 2 aliphatic heterocycles. The molecule has 1 N–H and O–H groups in total.